The van der Waals surface area contributed by atoms with E-state index in [0.717, 1.165) is 71.7 Å². The number of aryl methyl sites for hydroxylation is 3. The molecule has 2 aliphatic rings. The standard InChI is InChI=1S/C38H34BrN5O/c1-21-15-22(2)33(23(3)16-21)34-29-14-13-26(41-29)17-25-11-12-27(40-25)18-32-38(4,5)20-31(43-32)35(39)36-28(19-30(34)44-36)37(45)42-24-9-7-6-8-10-24/h6-19,40,44H,20H2,1-5H3,(H,42,45). The number of aromatic nitrogens is 4. The number of H-pyrrole nitrogens is 2. The highest BCUT2D eigenvalue weighted by molar-refractivity contribution is 9.10. The molecule has 0 atom stereocenters. The first-order chi connectivity index (χ1) is 21.6. The Labute approximate surface area is 270 Å². The zero-order valence-corrected chi connectivity index (χ0v) is 27.6. The SMILES string of the molecule is Cc1cc(C)c(-c2c3nc(cc4ccc(cc5nc(c(Br)c6[nH]c2cc6C(=O)Nc2ccccc2)CC5(C)C)[nH]4)C=C3)c(C)c1. The van der Waals surface area contributed by atoms with Gasteiger partial charge in [0, 0.05) is 45.3 Å². The lowest BCUT2D eigenvalue weighted by molar-refractivity contribution is 0.102. The van der Waals surface area contributed by atoms with Crippen LogP contribution in [-0.2, 0) is 11.8 Å². The van der Waals surface area contributed by atoms with Crippen LogP contribution in [-0.4, -0.2) is 25.8 Å². The number of hydrogen-bond donors (Lipinski definition) is 3. The van der Waals surface area contributed by atoms with Gasteiger partial charge in [0.05, 0.1) is 32.6 Å². The van der Waals surface area contributed by atoms with Crippen LogP contribution in [0.4, 0.5) is 5.69 Å². The van der Waals surface area contributed by atoms with Gasteiger partial charge in [0.2, 0.25) is 0 Å². The molecule has 3 N–H and O–H groups in total. The van der Waals surface area contributed by atoms with E-state index in [1.807, 2.05) is 42.5 Å². The third kappa shape index (κ3) is 5.42. The largest absolute Gasteiger partial charge is 0.355 e. The quantitative estimate of drug-likeness (QED) is 0.177. The van der Waals surface area contributed by atoms with Gasteiger partial charge in [0.1, 0.15) is 0 Å². The van der Waals surface area contributed by atoms with Crippen LogP contribution in [0.25, 0.3) is 45.3 Å². The van der Waals surface area contributed by atoms with Gasteiger partial charge in [0.15, 0.2) is 0 Å². The van der Waals surface area contributed by atoms with E-state index in [4.69, 9.17) is 9.97 Å². The predicted octanol–water partition coefficient (Wildman–Crippen LogP) is 9.61. The number of carbonyl (C=O) groups is 1. The van der Waals surface area contributed by atoms with E-state index in [-0.39, 0.29) is 11.3 Å². The number of anilines is 1. The molecule has 3 aromatic heterocycles. The van der Waals surface area contributed by atoms with Crippen molar-refractivity contribution < 1.29 is 4.79 Å². The van der Waals surface area contributed by atoms with Gasteiger partial charge in [-0.05, 0) is 108 Å². The molecular weight excluding hydrogens is 622 g/mol. The number of benzene rings is 2. The second-order valence-corrected chi connectivity index (χ2v) is 13.5. The minimum absolute atomic E-state index is 0.200. The smallest absolute Gasteiger partial charge is 0.257 e. The van der Waals surface area contributed by atoms with E-state index in [0.29, 0.717) is 17.5 Å². The topological polar surface area (TPSA) is 86.5 Å². The molecule has 0 fully saturated rings. The van der Waals surface area contributed by atoms with Crippen molar-refractivity contribution in [2.75, 3.05) is 5.32 Å². The second kappa shape index (κ2) is 11.0. The zero-order valence-electron chi connectivity index (χ0n) is 26.0. The Morgan fingerprint density at radius 2 is 1.56 bits per heavy atom. The molecular formula is C38H34BrN5O. The Morgan fingerprint density at radius 3 is 2.29 bits per heavy atom. The molecule has 5 aromatic rings. The summed E-state index contributed by atoms with van der Waals surface area (Å²) in [6.07, 6.45) is 4.81. The van der Waals surface area contributed by atoms with E-state index < -0.39 is 0 Å². The average Bonchev–Trinajstić information content (AvgIpc) is 3.78. The molecule has 7 heteroatoms. The molecule has 0 saturated heterocycles. The Balaban J connectivity index is 1.62. The Morgan fingerprint density at radius 1 is 0.844 bits per heavy atom. The molecule has 1 amide bonds. The highest BCUT2D eigenvalue weighted by Gasteiger charge is 2.31. The van der Waals surface area contributed by atoms with Gasteiger partial charge in [-0.15, -0.1) is 0 Å². The van der Waals surface area contributed by atoms with Crippen molar-refractivity contribution in [2.45, 2.75) is 46.5 Å². The maximum atomic E-state index is 14.0. The Kier molecular flexibility index (Phi) is 7.09. The van der Waals surface area contributed by atoms with Crippen LogP contribution in [0.3, 0.4) is 0 Å². The monoisotopic (exact) mass is 655 g/mol. The fraction of sp³-hybridized carbons (Fsp3) is 0.184. The first-order valence-corrected chi connectivity index (χ1v) is 15.9. The highest BCUT2D eigenvalue weighted by Crippen LogP contribution is 2.39. The third-order valence-electron chi connectivity index (χ3n) is 8.57. The van der Waals surface area contributed by atoms with Gasteiger partial charge in [0.25, 0.3) is 5.91 Å². The molecule has 0 radical (unpaired) electrons. The molecule has 0 spiro atoms. The Hall–Kier alpha value is -4.75. The van der Waals surface area contributed by atoms with E-state index in [9.17, 15) is 4.79 Å². The molecule has 7 rings (SSSR count). The van der Waals surface area contributed by atoms with E-state index in [2.05, 4.69) is 108 Å². The molecule has 5 heterocycles. The van der Waals surface area contributed by atoms with E-state index in [1.54, 1.807) is 0 Å². The number of rotatable bonds is 3. The van der Waals surface area contributed by atoms with Crippen LogP contribution in [0.2, 0.25) is 0 Å². The van der Waals surface area contributed by atoms with Gasteiger partial charge in [-0.1, -0.05) is 49.7 Å². The van der Waals surface area contributed by atoms with Crippen LogP contribution >= 0.6 is 15.9 Å². The molecule has 2 aliphatic heterocycles. The first kappa shape index (κ1) is 29.0. The molecule has 0 saturated carbocycles. The molecule has 6 nitrogen and oxygen atoms in total. The number of halogens is 1. The summed E-state index contributed by atoms with van der Waals surface area (Å²) < 4.78 is 0.767. The lowest BCUT2D eigenvalue weighted by atomic mass is 9.87. The number of nitrogens with zero attached hydrogens (tertiary/aromatic N) is 2. The molecule has 0 aliphatic carbocycles. The fourth-order valence-corrected chi connectivity index (χ4v) is 7.02. The lowest BCUT2D eigenvalue weighted by Gasteiger charge is -2.15. The van der Waals surface area contributed by atoms with Crippen molar-refractivity contribution in [1.82, 2.24) is 19.9 Å². The molecule has 0 unspecified atom stereocenters. The summed E-state index contributed by atoms with van der Waals surface area (Å²) >= 11 is 3.91. The molecule has 224 valence electrons. The van der Waals surface area contributed by atoms with E-state index in [1.165, 1.54) is 5.56 Å². The van der Waals surface area contributed by atoms with Crippen LogP contribution in [0.1, 0.15) is 63.7 Å². The van der Waals surface area contributed by atoms with Crippen LogP contribution in [0.5, 0.6) is 0 Å². The number of fused-ring (bicyclic) bond motifs is 8. The number of aromatic amines is 2. The maximum absolute atomic E-state index is 14.0. The number of nitrogens with one attached hydrogen (secondary N) is 3. The summed E-state index contributed by atoms with van der Waals surface area (Å²) in [5, 5.41) is 3.09. The van der Waals surface area contributed by atoms with Gasteiger partial charge < -0.3 is 15.3 Å². The number of carbonyl (C=O) groups excluding carboxylic acids is 1. The highest BCUT2D eigenvalue weighted by atomic mass is 79.9. The number of para-hydroxylation sites is 1. The minimum Gasteiger partial charge on any atom is -0.355 e. The van der Waals surface area contributed by atoms with Crippen LogP contribution in [0.15, 0.2) is 77.3 Å². The normalized spacial score (nSPS) is 13.6. The van der Waals surface area contributed by atoms with Crippen LogP contribution in [0, 0.1) is 20.8 Å². The second-order valence-electron chi connectivity index (χ2n) is 12.7. The predicted molar refractivity (Wildman–Crippen MR) is 188 cm³/mol. The molecule has 45 heavy (non-hydrogen) atoms. The van der Waals surface area contributed by atoms with Crippen molar-refractivity contribution >= 4 is 61.7 Å². The lowest BCUT2D eigenvalue weighted by Crippen LogP contribution is -2.15. The summed E-state index contributed by atoms with van der Waals surface area (Å²) in [6, 6.07) is 24.2. The van der Waals surface area contributed by atoms with Crippen molar-refractivity contribution in [3.8, 4) is 11.1 Å². The third-order valence-corrected chi connectivity index (χ3v) is 9.42. The zero-order chi connectivity index (χ0) is 31.5. The van der Waals surface area contributed by atoms with Gasteiger partial charge >= 0.3 is 0 Å². The van der Waals surface area contributed by atoms with E-state index >= 15 is 0 Å². The van der Waals surface area contributed by atoms with Gasteiger partial charge in [-0.25, -0.2) is 4.98 Å². The van der Waals surface area contributed by atoms with Crippen LogP contribution < -0.4 is 5.32 Å². The summed E-state index contributed by atoms with van der Waals surface area (Å²) in [7, 11) is 0. The summed E-state index contributed by atoms with van der Waals surface area (Å²) in [4.78, 5) is 31.4. The summed E-state index contributed by atoms with van der Waals surface area (Å²) in [6.45, 7) is 10.8. The van der Waals surface area contributed by atoms with Gasteiger partial charge in [-0.2, -0.15) is 0 Å². The van der Waals surface area contributed by atoms with Gasteiger partial charge in [-0.3, -0.25) is 9.78 Å². The Bertz CT molecular complexity index is 2180. The maximum Gasteiger partial charge on any atom is 0.257 e. The van der Waals surface area contributed by atoms with Crippen molar-refractivity contribution in [3.05, 3.63) is 122 Å². The fourth-order valence-electron chi connectivity index (χ4n) is 6.48. The minimum atomic E-state index is -0.207. The molecule has 8 bridgehead atoms. The first-order valence-electron chi connectivity index (χ1n) is 15.1. The summed E-state index contributed by atoms with van der Waals surface area (Å²) in [5.74, 6) is -0.207. The summed E-state index contributed by atoms with van der Waals surface area (Å²) in [5.41, 5.74) is 13.6. The van der Waals surface area contributed by atoms with Crippen molar-refractivity contribution in [3.63, 3.8) is 0 Å². The number of amides is 1. The van der Waals surface area contributed by atoms with Crippen molar-refractivity contribution in [2.24, 2.45) is 0 Å². The number of hydrogen-bond acceptors (Lipinski definition) is 3. The average molecular weight is 657 g/mol. The molecule has 2 aromatic carbocycles. The van der Waals surface area contributed by atoms with Crippen molar-refractivity contribution in [1.29, 1.82) is 0 Å².